The van der Waals surface area contributed by atoms with Crippen molar-refractivity contribution >= 4 is 115 Å². The highest BCUT2D eigenvalue weighted by Crippen LogP contribution is 2.45. The number of benzene rings is 3. The minimum atomic E-state index is -0.476. The molecule has 6 fully saturated rings. The highest BCUT2D eigenvalue weighted by molar-refractivity contribution is 9.11. The molecule has 6 aliphatic rings. The second kappa shape index (κ2) is 29.9. The quantitative estimate of drug-likeness (QED) is 0.0701. The van der Waals surface area contributed by atoms with Gasteiger partial charge in [-0.2, -0.15) is 0 Å². The summed E-state index contributed by atoms with van der Waals surface area (Å²) in [5.74, 6) is -0.209. The molecule has 14 rings (SSSR count). The fourth-order valence-corrected chi connectivity index (χ4v) is 14.0. The van der Waals surface area contributed by atoms with E-state index in [1.165, 1.54) is 109 Å². The first-order valence-corrected chi connectivity index (χ1v) is 36.0. The number of pyridine rings is 2. The molecule has 2 N–H and O–H groups in total. The first-order chi connectivity index (χ1) is 45.0. The van der Waals surface area contributed by atoms with Gasteiger partial charge >= 0.3 is 14.0 Å². The third-order valence-corrected chi connectivity index (χ3v) is 22.6. The molecule has 0 spiro atoms. The van der Waals surface area contributed by atoms with Gasteiger partial charge in [0.1, 0.15) is 42.3 Å². The molecule has 8 aromatic rings. The van der Waals surface area contributed by atoms with E-state index in [2.05, 4.69) is 144 Å². The van der Waals surface area contributed by atoms with Crippen LogP contribution in [0.15, 0.2) is 124 Å². The number of carbonyl (C=O) groups is 2. The lowest BCUT2D eigenvalue weighted by Gasteiger charge is -2.32. The van der Waals surface area contributed by atoms with Gasteiger partial charge in [0.25, 0.3) is 0 Å². The zero-order chi connectivity index (χ0) is 68.1. The van der Waals surface area contributed by atoms with Crippen LogP contribution in [0.5, 0.6) is 11.5 Å². The normalized spacial score (nSPS) is 19.3. The zero-order valence-corrected chi connectivity index (χ0v) is 61.6. The predicted molar refractivity (Wildman–Crippen MR) is 389 cm³/mol. The van der Waals surface area contributed by atoms with Crippen LogP contribution in [-0.2, 0) is 28.3 Å². The maximum atomic E-state index is 11.0. The molecule has 6 saturated heterocycles. The molecular weight excluding hydrogens is 1390 g/mol. The summed E-state index contributed by atoms with van der Waals surface area (Å²) in [7, 11) is -0.952. The number of nitrogens with zero attached hydrogens (tertiary/aromatic N) is 9. The summed E-state index contributed by atoms with van der Waals surface area (Å²) in [5.41, 5.74) is 6.15. The van der Waals surface area contributed by atoms with E-state index >= 15 is 0 Å². The van der Waals surface area contributed by atoms with Gasteiger partial charge in [0, 0.05) is 79.2 Å². The third-order valence-electron chi connectivity index (χ3n) is 18.6. The summed E-state index contributed by atoms with van der Waals surface area (Å²) in [5, 5.41) is 23.8. The maximum absolute atomic E-state index is 11.0. The molecule has 0 unspecified atom stereocenters. The molecule has 0 saturated carbocycles. The van der Waals surface area contributed by atoms with E-state index in [0.717, 1.165) is 66.0 Å². The van der Waals surface area contributed by atoms with Crippen LogP contribution < -0.4 is 19.9 Å². The molecule has 19 nitrogen and oxygen atoms in total. The van der Waals surface area contributed by atoms with Gasteiger partial charge in [0.05, 0.1) is 72.7 Å². The minimum Gasteiger partial charge on any atom is -0.506 e. The zero-order valence-electron chi connectivity index (χ0n) is 55.9. The molecule has 0 amide bonds. The second-order valence-electron chi connectivity index (χ2n) is 26.9. The summed E-state index contributed by atoms with van der Waals surface area (Å²) in [6.45, 7) is 31.3. The number of halogens is 2. The van der Waals surface area contributed by atoms with Crippen molar-refractivity contribution in [1.29, 1.82) is 0 Å². The number of aromatic nitrogens is 5. The third kappa shape index (κ3) is 17.0. The van der Waals surface area contributed by atoms with Crippen molar-refractivity contribution < 1.29 is 48.1 Å². The average Bonchev–Trinajstić information content (AvgIpc) is 1.61. The van der Waals surface area contributed by atoms with Gasteiger partial charge in [-0.25, -0.2) is 29.6 Å². The highest BCUT2D eigenvalue weighted by Gasteiger charge is 2.64. The number of hydrogen-bond donors (Lipinski definition) is 2. The average molecular weight is 1480 g/mol. The Bertz CT molecular complexity index is 3810. The molecule has 5 aromatic heterocycles. The number of rotatable bonds is 11. The van der Waals surface area contributed by atoms with Gasteiger partial charge in [0.2, 0.25) is 0 Å². The van der Waals surface area contributed by atoms with Crippen molar-refractivity contribution in [3.05, 3.63) is 135 Å². The van der Waals surface area contributed by atoms with Gasteiger partial charge in [-0.05, 0) is 238 Å². The van der Waals surface area contributed by atoms with E-state index < -0.39 is 25.2 Å². The van der Waals surface area contributed by atoms with Crippen LogP contribution in [0.25, 0.3) is 42.3 Å². The maximum Gasteiger partial charge on any atom is 0.488 e. The van der Waals surface area contributed by atoms with E-state index in [4.69, 9.17) is 33.4 Å². The Morgan fingerprint density at radius 1 is 0.442 bits per heavy atom. The number of carbonyl (C=O) groups excluding carboxylic acids is 2. The smallest absolute Gasteiger partial charge is 0.488 e. The molecule has 0 atom stereocenters. The molecule has 3 aromatic carbocycles. The summed E-state index contributed by atoms with van der Waals surface area (Å²) in [6.07, 6.45) is 16.9. The van der Waals surface area contributed by atoms with Crippen molar-refractivity contribution in [1.82, 2.24) is 24.9 Å². The largest absolute Gasteiger partial charge is 0.506 e. The number of aromatic hydroxyl groups is 2. The van der Waals surface area contributed by atoms with Gasteiger partial charge < -0.3 is 43.5 Å². The monoisotopic (exact) mass is 1470 g/mol. The van der Waals surface area contributed by atoms with Crippen LogP contribution in [-0.4, -0.2) is 135 Å². The fourth-order valence-electron chi connectivity index (χ4n) is 10.7. The molecule has 0 radical (unpaired) electrons. The SMILES string of the molecule is Brc1cnc(-c2ccc(N3CCCC3)cc2)s1.CC1(C)OB(B2OC(C)(C)C(C)(C)O2)OC1(C)C.CC1(C)ON(c2cnc(-c3ccc(N4CCCC4)cc3)s2)OC1(C)C.O=Cc1cc(-c2cnc(-c3ccc(N4CCCC4)cc3)s2)ncc1O.O=Cc1cc(Br)ncc1O. The Morgan fingerprint density at radius 2 is 0.800 bits per heavy atom. The van der Waals surface area contributed by atoms with Gasteiger partial charge in [-0.1, -0.05) is 11.3 Å². The first-order valence-electron chi connectivity index (χ1n) is 32.0. The molecule has 0 aliphatic carbocycles. The first kappa shape index (κ1) is 71.6. The fraction of sp³-hybridized carbons (Fsp3) is 0.435. The molecule has 6 aliphatic heterocycles. The number of anilines is 4. The summed E-state index contributed by atoms with van der Waals surface area (Å²) in [4.78, 5) is 62.5. The number of aldehydes is 2. The lowest BCUT2D eigenvalue weighted by molar-refractivity contribution is -0.0257. The Morgan fingerprint density at radius 3 is 1.18 bits per heavy atom. The summed E-state index contributed by atoms with van der Waals surface area (Å²) in [6, 6.07) is 28.9. The van der Waals surface area contributed by atoms with Crippen molar-refractivity contribution in [2.24, 2.45) is 0 Å². The van der Waals surface area contributed by atoms with Crippen molar-refractivity contribution in [3.8, 4) is 53.8 Å². The summed E-state index contributed by atoms with van der Waals surface area (Å²) >= 11 is 11.3. The highest BCUT2D eigenvalue weighted by atomic mass is 79.9. The summed E-state index contributed by atoms with van der Waals surface area (Å²) < 4.78 is 25.5. The van der Waals surface area contributed by atoms with E-state index in [1.54, 1.807) is 34.9 Å². The minimum absolute atomic E-state index is 0.0989. The Kier molecular flexibility index (Phi) is 22.5. The van der Waals surface area contributed by atoms with Crippen LogP contribution in [0.1, 0.15) is 142 Å². The topological polar surface area (TPSA) is 207 Å². The molecule has 502 valence electrons. The van der Waals surface area contributed by atoms with Crippen LogP contribution >= 0.6 is 65.9 Å². The second-order valence-corrected chi connectivity index (χ2v) is 32.1. The van der Waals surface area contributed by atoms with Crippen LogP contribution in [0.3, 0.4) is 0 Å². The van der Waals surface area contributed by atoms with Crippen molar-refractivity contribution in [2.75, 3.05) is 59.2 Å². The van der Waals surface area contributed by atoms with Crippen LogP contribution in [0.2, 0.25) is 0 Å². The van der Waals surface area contributed by atoms with E-state index in [-0.39, 0.29) is 45.0 Å². The lowest BCUT2D eigenvalue weighted by Crippen LogP contribution is -2.41. The molecular formula is C69H83B2Br2N9O10S3. The van der Waals surface area contributed by atoms with Gasteiger partial charge in [-0.15, -0.1) is 27.9 Å². The predicted octanol–water partition coefficient (Wildman–Crippen LogP) is 16.4. The molecule has 11 heterocycles. The van der Waals surface area contributed by atoms with Crippen LogP contribution in [0, 0.1) is 0 Å². The van der Waals surface area contributed by atoms with Crippen molar-refractivity contribution in [3.63, 3.8) is 0 Å². The van der Waals surface area contributed by atoms with E-state index in [1.807, 2.05) is 95.5 Å². The number of hydrogen-bond acceptors (Lipinski definition) is 22. The van der Waals surface area contributed by atoms with Crippen molar-refractivity contribution in [2.45, 2.75) is 155 Å². The Labute approximate surface area is 587 Å². The lowest BCUT2D eigenvalue weighted by atomic mass is 9.49. The van der Waals surface area contributed by atoms with Crippen LogP contribution in [0.4, 0.5) is 22.1 Å². The molecule has 95 heavy (non-hydrogen) atoms. The Balaban J connectivity index is 0.000000133. The van der Waals surface area contributed by atoms with Gasteiger partial charge in [0.15, 0.2) is 17.6 Å². The number of thiazole rings is 3. The van der Waals surface area contributed by atoms with E-state index in [0.29, 0.717) is 22.9 Å². The standard InChI is InChI=1S/C19H25N3O2S.C19H17N3O2S.C13H13BrN2S.C12H24B2O4.C6H4BrNO2/c1-18(2)19(3,4)24-22(23-18)16-13-20-17(25-16)14-7-9-15(10-8-14)21-11-5-6-12-21;23-12-14-9-16(20-10-17(14)24)18-11-21-19(25-18)13-3-5-15(6-4-13)22-7-1-2-8-22;14-12-9-15-13(17-12)10-3-5-11(6-4-10)16-7-1-2-8-16;1-9(2)10(3,4)16-13(15-9)14-17-11(5,6)12(7,8)18-14;7-6-1-4(3-9)5(10)2-8-6/h7-10,13H,5-6,11-12H2,1-4H3;3-6,9-12,24H,1-2,7-8H2;3-6,9H,1-2,7-8H2;1-8H3;1-3,10H. The van der Waals surface area contributed by atoms with E-state index in [9.17, 15) is 14.7 Å². The Hall–Kier alpha value is -6.16. The molecule has 26 heteroatoms. The molecule has 0 bridgehead atoms. The van der Waals surface area contributed by atoms with Gasteiger partial charge in [-0.3, -0.25) is 14.6 Å².